The van der Waals surface area contributed by atoms with E-state index in [0.717, 1.165) is 27.9 Å². The Balaban J connectivity index is 1.44. The summed E-state index contributed by atoms with van der Waals surface area (Å²) in [6.45, 7) is 0. The van der Waals surface area contributed by atoms with Gasteiger partial charge < -0.3 is 0 Å². The summed E-state index contributed by atoms with van der Waals surface area (Å²) in [7, 11) is 0. The molecule has 2 aromatic heterocycles. The van der Waals surface area contributed by atoms with E-state index in [9.17, 15) is 18.0 Å². The second-order valence-electron chi connectivity index (χ2n) is 7.06. The first kappa shape index (κ1) is 24.6. The van der Waals surface area contributed by atoms with Crippen molar-refractivity contribution >= 4 is 39.8 Å². The Morgan fingerprint density at radius 3 is 2.49 bits per heavy atom. The molecule has 0 aliphatic rings. The Labute approximate surface area is 210 Å². The van der Waals surface area contributed by atoms with Crippen LogP contribution in [0.5, 0.6) is 0 Å². The van der Waals surface area contributed by atoms with Gasteiger partial charge in [-0.05, 0) is 54.1 Å². The first-order chi connectivity index (χ1) is 16.8. The van der Waals surface area contributed by atoms with Gasteiger partial charge in [-0.2, -0.15) is 18.3 Å². The molecule has 2 aromatic carbocycles. The van der Waals surface area contributed by atoms with Crippen molar-refractivity contribution in [1.29, 1.82) is 0 Å². The fourth-order valence-electron chi connectivity index (χ4n) is 2.97. The number of nitrogens with zero attached hydrogens (tertiary/aromatic N) is 5. The topological polar surface area (TPSA) is 85.1 Å². The van der Waals surface area contributed by atoms with Crippen LogP contribution in [0.15, 0.2) is 87.8 Å². The molecule has 0 bridgehead atoms. The quantitative estimate of drug-likeness (QED) is 0.187. The van der Waals surface area contributed by atoms with E-state index in [2.05, 4.69) is 41.6 Å². The molecule has 0 aliphatic carbocycles. The number of carbonyl (C=O) groups excluding carboxylic acids is 1. The van der Waals surface area contributed by atoms with E-state index in [-0.39, 0.29) is 5.75 Å². The van der Waals surface area contributed by atoms with Gasteiger partial charge in [0.15, 0.2) is 11.0 Å². The lowest BCUT2D eigenvalue weighted by Crippen LogP contribution is -2.20. The molecular formula is C23H16BrF3N6OS. The van der Waals surface area contributed by atoms with Crippen molar-refractivity contribution in [3.63, 3.8) is 0 Å². The van der Waals surface area contributed by atoms with Crippen molar-refractivity contribution in [2.24, 2.45) is 5.10 Å². The first-order valence-corrected chi connectivity index (χ1v) is 11.8. The summed E-state index contributed by atoms with van der Waals surface area (Å²) >= 11 is 4.59. The lowest BCUT2D eigenvalue weighted by molar-refractivity contribution is -0.137. The van der Waals surface area contributed by atoms with Gasteiger partial charge in [-0.1, -0.05) is 39.8 Å². The highest BCUT2D eigenvalue weighted by molar-refractivity contribution is 9.10. The maximum atomic E-state index is 12.6. The van der Waals surface area contributed by atoms with Gasteiger partial charge in [0, 0.05) is 28.1 Å². The molecule has 178 valence electrons. The number of alkyl halides is 3. The van der Waals surface area contributed by atoms with Crippen molar-refractivity contribution in [3.05, 3.63) is 88.7 Å². The third-order valence-electron chi connectivity index (χ3n) is 4.61. The zero-order chi connectivity index (χ0) is 24.8. The maximum Gasteiger partial charge on any atom is 0.416 e. The summed E-state index contributed by atoms with van der Waals surface area (Å²) < 4.78 is 40.7. The first-order valence-electron chi connectivity index (χ1n) is 10.0. The molecule has 0 fully saturated rings. The average molecular weight is 561 g/mol. The van der Waals surface area contributed by atoms with Crippen molar-refractivity contribution in [3.8, 4) is 17.1 Å². The summed E-state index contributed by atoms with van der Waals surface area (Å²) in [6, 6.07) is 15.7. The Morgan fingerprint density at radius 1 is 1.09 bits per heavy atom. The fraction of sp³-hybridized carbons (Fsp3) is 0.0870. The van der Waals surface area contributed by atoms with Crippen molar-refractivity contribution in [2.75, 3.05) is 5.75 Å². The van der Waals surface area contributed by atoms with Gasteiger partial charge in [-0.15, -0.1) is 10.2 Å². The highest BCUT2D eigenvalue weighted by atomic mass is 79.9. The second-order valence-corrected chi connectivity index (χ2v) is 8.92. The molecule has 0 unspecified atom stereocenters. The summed E-state index contributed by atoms with van der Waals surface area (Å²) in [5.74, 6) is 0.154. The van der Waals surface area contributed by atoms with E-state index in [1.165, 1.54) is 30.1 Å². The van der Waals surface area contributed by atoms with Gasteiger partial charge in [0.1, 0.15) is 0 Å². The number of rotatable bonds is 7. The molecule has 4 rings (SSSR count). The van der Waals surface area contributed by atoms with Crippen LogP contribution in [0, 0.1) is 0 Å². The molecule has 1 N–H and O–H groups in total. The lowest BCUT2D eigenvalue weighted by atomic mass is 10.1. The van der Waals surface area contributed by atoms with Gasteiger partial charge in [-0.25, -0.2) is 5.43 Å². The van der Waals surface area contributed by atoms with Crippen LogP contribution in [0.1, 0.15) is 11.1 Å². The van der Waals surface area contributed by atoms with Crippen LogP contribution in [-0.4, -0.2) is 37.6 Å². The number of thioether (sulfide) groups is 1. The molecule has 0 atom stereocenters. The molecule has 7 nitrogen and oxygen atoms in total. The Hall–Kier alpha value is -3.51. The number of amides is 1. The number of aromatic nitrogens is 4. The number of hydrogen-bond donors (Lipinski definition) is 1. The molecule has 0 radical (unpaired) electrons. The van der Waals surface area contributed by atoms with Crippen LogP contribution in [0.25, 0.3) is 17.1 Å². The summed E-state index contributed by atoms with van der Waals surface area (Å²) in [5.41, 5.74) is 3.60. The number of halogens is 4. The maximum absolute atomic E-state index is 12.6. The number of nitrogens with one attached hydrogen (secondary N) is 1. The van der Waals surface area contributed by atoms with Crippen LogP contribution in [0.3, 0.4) is 0 Å². The normalized spacial score (nSPS) is 11.7. The monoisotopic (exact) mass is 560 g/mol. The molecule has 0 saturated carbocycles. The predicted octanol–water partition coefficient (Wildman–Crippen LogP) is 5.35. The Morgan fingerprint density at radius 2 is 1.83 bits per heavy atom. The van der Waals surface area contributed by atoms with E-state index >= 15 is 0 Å². The second kappa shape index (κ2) is 10.8. The van der Waals surface area contributed by atoms with E-state index in [1.807, 2.05) is 34.9 Å². The molecular weight excluding hydrogens is 545 g/mol. The van der Waals surface area contributed by atoms with Crippen LogP contribution in [0.4, 0.5) is 13.2 Å². The third kappa shape index (κ3) is 6.34. The number of hydrazone groups is 1. The fourth-order valence-corrected chi connectivity index (χ4v) is 3.98. The number of hydrogen-bond acceptors (Lipinski definition) is 6. The standard InChI is InChI=1S/C23H16BrF3N6OS/c24-18-7-9-19(10-8-18)33-21(16-2-1-11-28-13-16)31-32-22(33)35-14-20(34)30-29-12-15-3-5-17(6-4-15)23(25,26)27/h1-13H,14H2,(H,30,34). The Kier molecular flexibility index (Phi) is 7.61. The molecule has 0 saturated heterocycles. The summed E-state index contributed by atoms with van der Waals surface area (Å²) in [6.07, 6.45) is 0.202. The predicted molar refractivity (Wildman–Crippen MR) is 130 cm³/mol. The molecule has 12 heteroatoms. The SMILES string of the molecule is O=C(CSc1nnc(-c2cccnc2)n1-c1ccc(Br)cc1)NN=Cc1ccc(C(F)(F)F)cc1. The highest BCUT2D eigenvalue weighted by Crippen LogP contribution is 2.29. The summed E-state index contributed by atoms with van der Waals surface area (Å²) in [5, 5.41) is 12.8. The van der Waals surface area contributed by atoms with Crippen LogP contribution >= 0.6 is 27.7 Å². The van der Waals surface area contributed by atoms with E-state index < -0.39 is 17.6 Å². The minimum absolute atomic E-state index is 0.00788. The van der Waals surface area contributed by atoms with Gasteiger partial charge in [0.05, 0.1) is 17.5 Å². The lowest BCUT2D eigenvalue weighted by Gasteiger charge is -2.10. The van der Waals surface area contributed by atoms with E-state index in [4.69, 9.17) is 0 Å². The van der Waals surface area contributed by atoms with Crippen molar-refractivity contribution in [2.45, 2.75) is 11.3 Å². The minimum atomic E-state index is -4.41. The summed E-state index contributed by atoms with van der Waals surface area (Å²) in [4.78, 5) is 16.4. The molecule has 0 aliphatic heterocycles. The number of benzene rings is 2. The van der Waals surface area contributed by atoms with Crippen LogP contribution in [-0.2, 0) is 11.0 Å². The van der Waals surface area contributed by atoms with Crippen LogP contribution < -0.4 is 5.43 Å². The molecule has 0 spiro atoms. The van der Waals surface area contributed by atoms with Gasteiger partial charge in [0.25, 0.3) is 5.91 Å². The molecule has 4 aromatic rings. The van der Waals surface area contributed by atoms with Crippen molar-refractivity contribution < 1.29 is 18.0 Å². The highest BCUT2D eigenvalue weighted by Gasteiger charge is 2.29. The number of carbonyl (C=O) groups is 1. The van der Waals surface area contributed by atoms with Gasteiger partial charge in [0.2, 0.25) is 0 Å². The largest absolute Gasteiger partial charge is 0.416 e. The average Bonchev–Trinajstić information content (AvgIpc) is 3.27. The third-order valence-corrected chi connectivity index (χ3v) is 6.07. The Bertz CT molecular complexity index is 1330. The molecule has 35 heavy (non-hydrogen) atoms. The molecule has 1 amide bonds. The zero-order valence-corrected chi connectivity index (χ0v) is 20.2. The molecule has 2 heterocycles. The van der Waals surface area contributed by atoms with Crippen molar-refractivity contribution in [1.82, 2.24) is 25.2 Å². The smallest absolute Gasteiger partial charge is 0.272 e. The van der Waals surface area contributed by atoms with Gasteiger partial charge in [-0.3, -0.25) is 14.3 Å². The van der Waals surface area contributed by atoms with Crippen LogP contribution in [0.2, 0.25) is 0 Å². The minimum Gasteiger partial charge on any atom is -0.272 e. The number of pyridine rings is 1. The zero-order valence-electron chi connectivity index (χ0n) is 17.8. The van der Waals surface area contributed by atoms with Gasteiger partial charge >= 0.3 is 6.18 Å². The van der Waals surface area contributed by atoms with E-state index in [0.29, 0.717) is 16.5 Å². The van der Waals surface area contributed by atoms with E-state index in [1.54, 1.807) is 18.5 Å².